The summed E-state index contributed by atoms with van der Waals surface area (Å²) in [6, 6.07) is 13.8. The van der Waals surface area contributed by atoms with Crippen LogP contribution in [0.25, 0.3) is 17.3 Å². The summed E-state index contributed by atoms with van der Waals surface area (Å²) < 4.78 is 6.96. The molecule has 2 aromatic heterocycles. The SMILES string of the molecule is O=C(/C=C/c1cn(Cc2ccccc2)nc1-c1cccnc1)NCC(=O)OCC1CC1. The minimum Gasteiger partial charge on any atom is -0.464 e. The number of carbonyl (C=O) groups excluding carboxylic acids is 2. The average Bonchev–Trinajstić information content (AvgIpc) is 3.55. The summed E-state index contributed by atoms with van der Waals surface area (Å²) in [4.78, 5) is 28.0. The lowest BCUT2D eigenvalue weighted by Crippen LogP contribution is -2.29. The Labute approximate surface area is 180 Å². The van der Waals surface area contributed by atoms with Crippen molar-refractivity contribution in [3.63, 3.8) is 0 Å². The predicted octanol–water partition coefficient (Wildman–Crippen LogP) is 3.08. The number of pyridine rings is 1. The highest BCUT2D eigenvalue weighted by atomic mass is 16.5. The fourth-order valence-electron chi connectivity index (χ4n) is 3.07. The van der Waals surface area contributed by atoms with E-state index in [4.69, 9.17) is 9.84 Å². The van der Waals surface area contributed by atoms with Crippen molar-refractivity contribution < 1.29 is 14.3 Å². The van der Waals surface area contributed by atoms with E-state index in [1.807, 2.05) is 53.3 Å². The average molecular weight is 416 g/mol. The molecule has 3 aromatic rings. The van der Waals surface area contributed by atoms with Crippen molar-refractivity contribution in [2.24, 2.45) is 5.92 Å². The third-order valence-electron chi connectivity index (χ3n) is 4.91. The molecule has 0 unspecified atom stereocenters. The highest BCUT2D eigenvalue weighted by Crippen LogP contribution is 2.28. The maximum atomic E-state index is 12.2. The van der Waals surface area contributed by atoms with Gasteiger partial charge < -0.3 is 10.1 Å². The Morgan fingerprint density at radius 2 is 2.00 bits per heavy atom. The van der Waals surface area contributed by atoms with Crippen molar-refractivity contribution >= 4 is 18.0 Å². The van der Waals surface area contributed by atoms with Gasteiger partial charge in [0.1, 0.15) is 12.2 Å². The number of benzene rings is 1. The fraction of sp³-hybridized carbons (Fsp3) is 0.250. The second-order valence-electron chi connectivity index (χ2n) is 7.54. The minimum atomic E-state index is -0.416. The van der Waals surface area contributed by atoms with E-state index in [0.717, 1.165) is 35.2 Å². The van der Waals surface area contributed by atoms with Gasteiger partial charge in [0, 0.05) is 35.8 Å². The topological polar surface area (TPSA) is 86.1 Å². The van der Waals surface area contributed by atoms with Crippen molar-refractivity contribution in [2.75, 3.05) is 13.2 Å². The summed E-state index contributed by atoms with van der Waals surface area (Å²) in [5.74, 6) is -0.283. The molecule has 0 aliphatic heterocycles. The summed E-state index contributed by atoms with van der Waals surface area (Å²) in [5.41, 5.74) is 3.51. The Hall–Kier alpha value is -3.74. The Balaban J connectivity index is 1.43. The molecule has 31 heavy (non-hydrogen) atoms. The van der Waals surface area contributed by atoms with E-state index in [2.05, 4.69) is 10.3 Å². The van der Waals surface area contributed by atoms with Gasteiger partial charge in [-0.2, -0.15) is 5.10 Å². The molecule has 1 fully saturated rings. The number of nitrogens with one attached hydrogen (secondary N) is 1. The number of esters is 1. The smallest absolute Gasteiger partial charge is 0.325 e. The maximum absolute atomic E-state index is 12.2. The van der Waals surface area contributed by atoms with Crippen LogP contribution in [-0.4, -0.2) is 39.8 Å². The molecular weight excluding hydrogens is 392 g/mol. The second-order valence-corrected chi connectivity index (χ2v) is 7.54. The lowest BCUT2D eigenvalue weighted by atomic mass is 10.1. The predicted molar refractivity (Wildman–Crippen MR) is 117 cm³/mol. The van der Waals surface area contributed by atoms with Gasteiger partial charge in [-0.15, -0.1) is 0 Å². The van der Waals surface area contributed by atoms with Gasteiger partial charge in [-0.25, -0.2) is 0 Å². The second kappa shape index (κ2) is 9.84. The molecule has 0 bridgehead atoms. The van der Waals surface area contributed by atoms with E-state index in [-0.39, 0.29) is 12.5 Å². The van der Waals surface area contributed by atoms with E-state index in [9.17, 15) is 9.59 Å². The molecule has 0 atom stereocenters. The van der Waals surface area contributed by atoms with Crippen molar-refractivity contribution in [2.45, 2.75) is 19.4 Å². The van der Waals surface area contributed by atoms with Gasteiger partial charge in [-0.3, -0.25) is 19.3 Å². The van der Waals surface area contributed by atoms with Gasteiger partial charge in [0.05, 0.1) is 13.2 Å². The number of hydrogen-bond acceptors (Lipinski definition) is 5. The van der Waals surface area contributed by atoms with Crippen LogP contribution >= 0.6 is 0 Å². The van der Waals surface area contributed by atoms with Gasteiger partial charge in [0.2, 0.25) is 5.91 Å². The zero-order valence-electron chi connectivity index (χ0n) is 17.1. The number of aromatic nitrogens is 3. The maximum Gasteiger partial charge on any atom is 0.325 e. The molecule has 158 valence electrons. The molecule has 1 N–H and O–H groups in total. The Bertz CT molecular complexity index is 1060. The zero-order valence-corrected chi connectivity index (χ0v) is 17.1. The van der Waals surface area contributed by atoms with Crippen LogP contribution in [0.2, 0.25) is 0 Å². The van der Waals surface area contributed by atoms with Gasteiger partial charge in [-0.05, 0) is 42.5 Å². The number of amides is 1. The number of hydrogen-bond donors (Lipinski definition) is 1. The summed E-state index contributed by atoms with van der Waals surface area (Å²) in [5, 5.41) is 7.26. The third-order valence-corrected chi connectivity index (χ3v) is 4.91. The standard InChI is InChI=1S/C24H24N4O3/c29-22(26-14-23(30)31-17-19-8-9-19)11-10-21-16-28(15-18-5-2-1-3-6-18)27-24(21)20-7-4-12-25-13-20/h1-7,10-13,16,19H,8-9,14-15,17H2,(H,26,29)/b11-10+. The van der Waals surface area contributed by atoms with Crippen LogP contribution in [0.3, 0.4) is 0 Å². The highest BCUT2D eigenvalue weighted by molar-refractivity contribution is 5.94. The quantitative estimate of drug-likeness (QED) is 0.428. The molecule has 0 spiro atoms. The molecule has 1 aliphatic carbocycles. The van der Waals surface area contributed by atoms with Crippen molar-refractivity contribution in [1.29, 1.82) is 0 Å². The van der Waals surface area contributed by atoms with Crippen LogP contribution < -0.4 is 5.32 Å². The van der Waals surface area contributed by atoms with E-state index in [1.54, 1.807) is 18.5 Å². The third kappa shape index (κ3) is 6.12. The fourth-order valence-corrected chi connectivity index (χ4v) is 3.07. The van der Waals surface area contributed by atoms with Crippen LogP contribution in [0.1, 0.15) is 24.0 Å². The summed E-state index contributed by atoms with van der Waals surface area (Å²) >= 11 is 0. The number of ether oxygens (including phenoxy) is 1. The summed E-state index contributed by atoms with van der Waals surface area (Å²) in [6.07, 6.45) is 10.7. The summed E-state index contributed by atoms with van der Waals surface area (Å²) in [7, 11) is 0. The lowest BCUT2D eigenvalue weighted by Gasteiger charge is -2.03. The van der Waals surface area contributed by atoms with Crippen LogP contribution in [0.5, 0.6) is 0 Å². The van der Waals surface area contributed by atoms with Gasteiger partial charge in [-0.1, -0.05) is 30.3 Å². The monoisotopic (exact) mass is 416 g/mol. The molecule has 0 saturated heterocycles. The number of rotatable bonds is 9. The molecule has 7 heteroatoms. The van der Waals surface area contributed by atoms with Crippen LogP contribution in [0.15, 0.2) is 67.1 Å². The van der Waals surface area contributed by atoms with E-state index < -0.39 is 5.97 Å². The Morgan fingerprint density at radius 3 is 2.74 bits per heavy atom. The van der Waals surface area contributed by atoms with E-state index >= 15 is 0 Å². The number of carbonyl (C=O) groups is 2. The molecule has 1 amide bonds. The molecule has 0 radical (unpaired) electrons. The molecule has 7 nitrogen and oxygen atoms in total. The molecular formula is C24H24N4O3. The van der Waals surface area contributed by atoms with Crippen molar-refractivity contribution in [1.82, 2.24) is 20.1 Å². The van der Waals surface area contributed by atoms with Crippen LogP contribution in [0.4, 0.5) is 0 Å². The first-order valence-corrected chi connectivity index (χ1v) is 10.3. The first-order chi connectivity index (χ1) is 15.2. The molecule has 1 aromatic carbocycles. The van der Waals surface area contributed by atoms with Crippen molar-refractivity contribution in [3.8, 4) is 11.3 Å². The minimum absolute atomic E-state index is 0.140. The molecule has 4 rings (SSSR count). The Kier molecular flexibility index (Phi) is 6.52. The lowest BCUT2D eigenvalue weighted by molar-refractivity contribution is -0.144. The van der Waals surface area contributed by atoms with Gasteiger partial charge in [0.25, 0.3) is 0 Å². The van der Waals surface area contributed by atoms with Crippen LogP contribution in [-0.2, 0) is 20.9 Å². The first-order valence-electron chi connectivity index (χ1n) is 10.3. The largest absolute Gasteiger partial charge is 0.464 e. The zero-order chi connectivity index (χ0) is 21.5. The van der Waals surface area contributed by atoms with E-state index in [0.29, 0.717) is 19.1 Å². The van der Waals surface area contributed by atoms with Gasteiger partial charge >= 0.3 is 5.97 Å². The van der Waals surface area contributed by atoms with Crippen LogP contribution in [0, 0.1) is 5.92 Å². The molecule has 1 saturated carbocycles. The summed E-state index contributed by atoms with van der Waals surface area (Å²) in [6.45, 7) is 0.916. The highest BCUT2D eigenvalue weighted by Gasteiger charge is 2.23. The Morgan fingerprint density at radius 1 is 1.16 bits per heavy atom. The normalized spacial score (nSPS) is 13.3. The van der Waals surface area contributed by atoms with Crippen molar-refractivity contribution in [3.05, 3.63) is 78.3 Å². The van der Waals surface area contributed by atoms with Gasteiger partial charge in [0.15, 0.2) is 0 Å². The number of nitrogens with zero attached hydrogens (tertiary/aromatic N) is 3. The molecule has 2 heterocycles. The first kappa shape index (κ1) is 20.5. The van der Waals surface area contributed by atoms with E-state index in [1.165, 1.54) is 6.08 Å². The molecule has 1 aliphatic rings.